The number of para-hydroxylation sites is 1. The molecule has 0 aromatic heterocycles. The molecule has 1 aromatic carbocycles. The third-order valence-electron chi connectivity index (χ3n) is 5.39. The zero-order valence-electron chi connectivity index (χ0n) is 12.9. The van der Waals surface area contributed by atoms with Gasteiger partial charge in [0.2, 0.25) is 0 Å². The number of nitrogens with two attached hydrogens (primary N) is 1. The highest BCUT2D eigenvalue weighted by Gasteiger charge is 2.44. The Balaban J connectivity index is 1.91. The maximum Gasteiger partial charge on any atom is 0.146 e. The van der Waals surface area contributed by atoms with E-state index in [1.165, 1.54) is 19.4 Å². The lowest BCUT2D eigenvalue weighted by atomic mass is 9.81. The number of rotatable bonds is 4. The molecule has 2 atom stereocenters. The first-order valence-electron chi connectivity index (χ1n) is 8.16. The topological polar surface area (TPSA) is 32.5 Å². The van der Waals surface area contributed by atoms with Crippen LogP contribution in [0.1, 0.15) is 32.6 Å². The van der Waals surface area contributed by atoms with Crippen LogP contribution in [0.4, 0.5) is 10.1 Å². The van der Waals surface area contributed by atoms with E-state index in [1.54, 1.807) is 12.1 Å². The van der Waals surface area contributed by atoms with Crippen molar-refractivity contribution >= 4 is 5.69 Å². The summed E-state index contributed by atoms with van der Waals surface area (Å²) in [6.07, 6.45) is 4.64. The van der Waals surface area contributed by atoms with Gasteiger partial charge in [0, 0.05) is 25.7 Å². The van der Waals surface area contributed by atoms with E-state index in [-0.39, 0.29) is 11.4 Å². The maximum absolute atomic E-state index is 14.3. The molecular formula is C17H26FN3. The van der Waals surface area contributed by atoms with Crippen molar-refractivity contribution in [1.82, 2.24) is 4.90 Å². The molecule has 0 radical (unpaired) electrons. The number of benzene rings is 1. The highest BCUT2D eigenvalue weighted by molar-refractivity contribution is 5.51. The van der Waals surface area contributed by atoms with Gasteiger partial charge in [0.1, 0.15) is 5.82 Å². The molecule has 2 saturated heterocycles. The lowest BCUT2D eigenvalue weighted by Crippen LogP contribution is -2.61. The second kappa shape index (κ2) is 5.93. The van der Waals surface area contributed by atoms with Crippen molar-refractivity contribution in [3.8, 4) is 0 Å². The summed E-state index contributed by atoms with van der Waals surface area (Å²) >= 11 is 0. The zero-order valence-corrected chi connectivity index (χ0v) is 12.9. The minimum Gasteiger partial charge on any atom is -0.362 e. The van der Waals surface area contributed by atoms with Gasteiger partial charge in [0.05, 0.1) is 11.2 Å². The summed E-state index contributed by atoms with van der Waals surface area (Å²) in [4.78, 5) is 4.81. The summed E-state index contributed by atoms with van der Waals surface area (Å²) in [6, 6.07) is 7.73. The minimum atomic E-state index is -0.138. The predicted octanol–water partition coefficient (Wildman–Crippen LogP) is 2.61. The second-order valence-electron chi connectivity index (χ2n) is 6.41. The predicted molar refractivity (Wildman–Crippen MR) is 85.0 cm³/mol. The van der Waals surface area contributed by atoms with Crippen LogP contribution < -0.4 is 10.6 Å². The smallest absolute Gasteiger partial charge is 0.146 e. The Bertz CT molecular complexity index is 493. The molecule has 0 aliphatic carbocycles. The lowest BCUT2D eigenvalue weighted by molar-refractivity contribution is 0.129. The van der Waals surface area contributed by atoms with Gasteiger partial charge in [-0.2, -0.15) is 0 Å². The van der Waals surface area contributed by atoms with Crippen LogP contribution >= 0.6 is 0 Å². The molecule has 4 heteroatoms. The van der Waals surface area contributed by atoms with Crippen LogP contribution in [0.25, 0.3) is 0 Å². The van der Waals surface area contributed by atoms with Crippen molar-refractivity contribution in [1.29, 1.82) is 0 Å². The highest BCUT2D eigenvalue weighted by atomic mass is 19.1. The fourth-order valence-corrected chi connectivity index (χ4v) is 4.29. The summed E-state index contributed by atoms with van der Waals surface area (Å²) in [7, 11) is 0. The van der Waals surface area contributed by atoms with E-state index < -0.39 is 0 Å². The van der Waals surface area contributed by atoms with E-state index in [4.69, 9.17) is 5.73 Å². The second-order valence-corrected chi connectivity index (χ2v) is 6.41. The maximum atomic E-state index is 14.3. The van der Waals surface area contributed by atoms with Crippen molar-refractivity contribution in [2.45, 2.75) is 44.2 Å². The van der Waals surface area contributed by atoms with Gasteiger partial charge in [-0.25, -0.2) is 4.39 Å². The number of fused-ring (bicyclic) bond motifs is 1. The number of hydrogen-bond acceptors (Lipinski definition) is 3. The SMILES string of the molecule is CCN(c1ccccc1F)C1(CN)CCN2CCCC2C1. The number of hydrogen-bond donors (Lipinski definition) is 1. The molecule has 0 amide bonds. The third-order valence-corrected chi connectivity index (χ3v) is 5.39. The number of likely N-dealkylation sites (N-methyl/N-ethyl adjacent to an activating group) is 1. The fraction of sp³-hybridized carbons (Fsp3) is 0.647. The third kappa shape index (κ3) is 2.55. The molecule has 0 spiro atoms. The molecule has 2 aliphatic heterocycles. The molecule has 3 nitrogen and oxygen atoms in total. The molecule has 21 heavy (non-hydrogen) atoms. The Labute approximate surface area is 126 Å². The molecule has 0 bridgehead atoms. The summed E-state index contributed by atoms with van der Waals surface area (Å²) in [6.45, 7) is 5.80. The lowest BCUT2D eigenvalue weighted by Gasteiger charge is -2.51. The van der Waals surface area contributed by atoms with E-state index in [0.717, 1.165) is 25.9 Å². The van der Waals surface area contributed by atoms with E-state index in [2.05, 4.69) is 16.7 Å². The largest absolute Gasteiger partial charge is 0.362 e. The van der Waals surface area contributed by atoms with Gasteiger partial charge in [0.25, 0.3) is 0 Å². The zero-order chi connectivity index (χ0) is 14.9. The van der Waals surface area contributed by atoms with E-state index in [9.17, 15) is 4.39 Å². The van der Waals surface area contributed by atoms with Crippen LogP contribution in [0.5, 0.6) is 0 Å². The van der Waals surface area contributed by atoms with Crippen molar-refractivity contribution in [2.75, 3.05) is 31.1 Å². The molecule has 2 N–H and O–H groups in total. The van der Waals surface area contributed by atoms with Crippen LogP contribution in [0, 0.1) is 5.82 Å². The molecule has 2 aliphatic rings. The van der Waals surface area contributed by atoms with Crippen LogP contribution in [0.2, 0.25) is 0 Å². The van der Waals surface area contributed by atoms with Crippen molar-refractivity contribution in [2.24, 2.45) is 5.73 Å². The average molecular weight is 291 g/mol. The van der Waals surface area contributed by atoms with E-state index >= 15 is 0 Å². The average Bonchev–Trinajstić information content (AvgIpc) is 2.97. The summed E-state index contributed by atoms with van der Waals surface area (Å²) < 4.78 is 14.3. The van der Waals surface area contributed by atoms with Crippen LogP contribution in [0.15, 0.2) is 24.3 Å². The van der Waals surface area contributed by atoms with Gasteiger partial charge >= 0.3 is 0 Å². The van der Waals surface area contributed by atoms with Crippen LogP contribution in [0.3, 0.4) is 0 Å². The van der Waals surface area contributed by atoms with Crippen LogP contribution in [-0.4, -0.2) is 42.7 Å². The van der Waals surface area contributed by atoms with Gasteiger partial charge in [-0.15, -0.1) is 0 Å². The van der Waals surface area contributed by atoms with Crippen molar-refractivity contribution in [3.63, 3.8) is 0 Å². The first-order valence-corrected chi connectivity index (χ1v) is 8.16. The fourth-order valence-electron chi connectivity index (χ4n) is 4.29. The quantitative estimate of drug-likeness (QED) is 0.925. The molecule has 2 fully saturated rings. The molecule has 116 valence electrons. The summed E-state index contributed by atoms with van der Waals surface area (Å²) in [5.41, 5.74) is 6.81. The van der Waals surface area contributed by atoms with E-state index in [0.29, 0.717) is 18.3 Å². The van der Waals surface area contributed by atoms with E-state index in [1.807, 2.05) is 12.1 Å². The Morgan fingerprint density at radius 2 is 2.19 bits per heavy atom. The standard InChI is InChI=1S/C17H26FN3/c1-2-21(16-8-4-3-7-15(16)18)17(13-19)9-11-20-10-5-6-14(20)12-17/h3-4,7-8,14H,2,5-6,9-13,19H2,1H3. The molecule has 2 heterocycles. The molecular weight excluding hydrogens is 265 g/mol. The summed E-state index contributed by atoms with van der Waals surface area (Å²) in [5.74, 6) is -0.138. The Kier molecular flexibility index (Phi) is 4.18. The molecule has 2 unspecified atom stereocenters. The van der Waals surface area contributed by atoms with Gasteiger partial charge in [-0.1, -0.05) is 12.1 Å². The number of halogens is 1. The molecule has 3 rings (SSSR count). The number of nitrogens with zero attached hydrogens (tertiary/aromatic N) is 2. The monoisotopic (exact) mass is 291 g/mol. The van der Waals surface area contributed by atoms with Gasteiger partial charge in [-0.3, -0.25) is 0 Å². The van der Waals surface area contributed by atoms with Gasteiger partial charge in [0.15, 0.2) is 0 Å². The first-order chi connectivity index (χ1) is 10.2. The Morgan fingerprint density at radius 3 is 2.90 bits per heavy atom. The Morgan fingerprint density at radius 1 is 1.38 bits per heavy atom. The van der Waals surface area contributed by atoms with Crippen molar-refractivity contribution in [3.05, 3.63) is 30.1 Å². The highest BCUT2D eigenvalue weighted by Crippen LogP contribution is 2.39. The van der Waals surface area contributed by atoms with Gasteiger partial charge in [-0.05, 0) is 51.3 Å². The Hall–Kier alpha value is -1.13. The molecule has 1 aromatic rings. The minimum absolute atomic E-state index is 0.0948. The summed E-state index contributed by atoms with van der Waals surface area (Å²) in [5, 5.41) is 0. The number of piperidine rings is 1. The normalized spacial score (nSPS) is 29.4. The van der Waals surface area contributed by atoms with Crippen molar-refractivity contribution < 1.29 is 4.39 Å². The first kappa shape index (κ1) is 14.8. The number of anilines is 1. The van der Waals surface area contributed by atoms with Crippen LogP contribution in [-0.2, 0) is 0 Å². The molecule has 0 saturated carbocycles. The van der Waals surface area contributed by atoms with Gasteiger partial charge < -0.3 is 15.5 Å².